The molecule has 2 fully saturated rings. The minimum Gasteiger partial charge on any atom is -0.394 e. The maximum atomic E-state index is 12.7. The summed E-state index contributed by atoms with van der Waals surface area (Å²) in [7, 11) is 0. The summed E-state index contributed by atoms with van der Waals surface area (Å²) >= 11 is 3.44. The number of amides is 1. The van der Waals surface area contributed by atoms with Crippen molar-refractivity contribution in [1.82, 2.24) is 9.47 Å². The molecule has 1 aromatic heterocycles. The predicted octanol–water partition coefficient (Wildman–Crippen LogP) is 1.42. The van der Waals surface area contributed by atoms with Crippen molar-refractivity contribution in [3.63, 3.8) is 0 Å². The summed E-state index contributed by atoms with van der Waals surface area (Å²) < 4.78 is 8.29. The van der Waals surface area contributed by atoms with Crippen molar-refractivity contribution < 1.29 is 14.6 Å². The average molecular weight is 329 g/mol. The fourth-order valence-electron chi connectivity index (χ4n) is 2.49. The highest BCUT2D eigenvalue weighted by molar-refractivity contribution is 9.10. The van der Waals surface area contributed by atoms with Gasteiger partial charge in [-0.15, -0.1) is 0 Å². The number of halogens is 1. The molecule has 0 bridgehead atoms. The number of carbonyl (C=O) groups is 1. The third-order valence-corrected chi connectivity index (χ3v) is 4.11. The molecule has 1 aliphatic carbocycles. The van der Waals surface area contributed by atoms with Gasteiger partial charge in [-0.1, -0.05) is 0 Å². The van der Waals surface area contributed by atoms with Crippen molar-refractivity contribution in [2.24, 2.45) is 0 Å². The first kappa shape index (κ1) is 13.1. The van der Waals surface area contributed by atoms with Crippen molar-refractivity contribution in [2.45, 2.75) is 24.9 Å². The van der Waals surface area contributed by atoms with Gasteiger partial charge in [-0.25, -0.2) is 0 Å². The lowest BCUT2D eigenvalue weighted by Gasteiger charge is -2.34. The largest absolute Gasteiger partial charge is 0.394 e. The van der Waals surface area contributed by atoms with Crippen LogP contribution in [0.15, 0.2) is 16.7 Å². The Kier molecular flexibility index (Phi) is 3.64. The SMILES string of the molecule is O=C(c1cc(Br)cn1C1CC1)N1CCOCC1CO. The second-order valence-electron chi connectivity index (χ2n) is 5.09. The molecule has 1 N–H and O–H groups in total. The van der Waals surface area contributed by atoms with Crippen molar-refractivity contribution in [1.29, 1.82) is 0 Å². The molecule has 1 aromatic rings. The molecular weight excluding hydrogens is 312 g/mol. The Morgan fingerprint density at radius 3 is 3.00 bits per heavy atom. The predicted molar refractivity (Wildman–Crippen MR) is 73.1 cm³/mol. The molecule has 6 heteroatoms. The second-order valence-corrected chi connectivity index (χ2v) is 6.01. The Bertz CT molecular complexity index is 484. The lowest BCUT2D eigenvalue weighted by atomic mass is 10.2. The van der Waals surface area contributed by atoms with Gasteiger partial charge in [0.1, 0.15) is 5.69 Å². The first-order chi connectivity index (χ1) is 9.20. The van der Waals surface area contributed by atoms with Gasteiger partial charge in [-0.2, -0.15) is 0 Å². The molecule has 1 saturated carbocycles. The number of aliphatic hydroxyl groups is 1. The van der Waals surface area contributed by atoms with Crippen LogP contribution < -0.4 is 0 Å². The number of rotatable bonds is 3. The van der Waals surface area contributed by atoms with Crippen LogP contribution in [-0.4, -0.2) is 52.9 Å². The van der Waals surface area contributed by atoms with Crippen LogP contribution >= 0.6 is 15.9 Å². The molecule has 1 unspecified atom stereocenters. The van der Waals surface area contributed by atoms with Crippen LogP contribution in [-0.2, 0) is 4.74 Å². The van der Waals surface area contributed by atoms with Crippen molar-refractivity contribution in [2.75, 3.05) is 26.4 Å². The standard InChI is InChI=1S/C13H17BrN2O3/c14-9-5-12(16(6-9)10-1-2-10)13(18)15-3-4-19-8-11(15)7-17/h5-6,10-11,17H,1-4,7-8H2. The molecule has 0 spiro atoms. The molecule has 19 heavy (non-hydrogen) atoms. The molecular formula is C13H17BrN2O3. The number of hydrogen-bond acceptors (Lipinski definition) is 3. The van der Waals surface area contributed by atoms with Gasteiger partial charge < -0.3 is 19.3 Å². The topological polar surface area (TPSA) is 54.7 Å². The van der Waals surface area contributed by atoms with Crippen LogP contribution in [0.1, 0.15) is 29.4 Å². The zero-order valence-corrected chi connectivity index (χ0v) is 12.2. The summed E-state index contributed by atoms with van der Waals surface area (Å²) in [6.07, 6.45) is 4.24. The normalized spacial score (nSPS) is 23.7. The zero-order valence-electron chi connectivity index (χ0n) is 10.6. The highest BCUT2D eigenvalue weighted by atomic mass is 79.9. The van der Waals surface area contributed by atoms with Gasteiger partial charge in [0.25, 0.3) is 5.91 Å². The first-order valence-electron chi connectivity index (χ1n) is 6.57. The van der Waals surface area contributed by atoms with E-state index in [4.69, 9.17) is 4.74 Å². The van der Waals surface area contributed by atoms with Crippen molar-refractivity contribution in [3.05, 3.63) is 22.4 Å². The highest BCUT2D eigenvalue weighted by Crippen LogP contribution is 2.37. The molecule has 2 aliphatic rings. The summed E-state index contributed by atoms with van der Waals surface area (Å²) in [6, 6.07) is 2.09. The Balaban J connectivity index is 1.86. The number of nitrogens with zero attached hydrogens (tertiary/aromatic N) is 2. The van der Waals surface area contributed by atoms with Crippen molar-refractivity contribution >= 4 is 21.8 Å². The fraction of sp³-hybridized carbons (Fsp3) is 0.615. The van der Waals surface area contributed by atoms with Crippen LogP contribution in [0.25, 0.3) is 0 Å². The maximum Gasteiger partial charge on any atom is 0.271 e. The van der Waals surface area contributed by atoms with E-state index in [0.717, 1.165) is 17.3 Å². The minimum absolute atomic E-state index is 0.0139. The van der Waals surface area contributed by atoms with Crippen LogP contribution in [0.4, 0.5) is 0 Å². The van der Waals surface area contributed by atoms with E-state index in [1.165, 1.54) is 0 Å². The lowest BCUT2D eigenvalue weighted by molar-refractivity contribution is -0.0188. The quantitative estimate of drug-likeness (QED) is 0.913. The van der Waals surface area contributed by atoms with Crippen LogP contribution in [0.3, 0.4) is 0 Å². The van der Waals surface area contributed by atoms with E-state index in [1.54, 1.807) is 4.90 Å². The number of morpholine rings is 1. The van der Waals surface area contributed by atoms with Crippen LogP contribution in [0.5, 0.6) is 0 Å². The molecule has 1 saturated heterocycles. The van der Waals surface area contributed by atoms with E-state index in [9.17, 15) is 9.90 Å². The number of aliphatic hydroxyl groups excluding tert-OH is 1. The lowest BCUT2D eigenvalue weighted by Crippen LogP contribution is -2.50. The Labute approximate surface area is 120 Å². The Hall–Kier alpha value is -0.850. The Morgan fingerprint density at radius 2 is 2.32 bits per heavy atom. The average Bonchev–Trinajstić information content (AvgIpc) is 3.21. The summed E-state index contributed by atoms with van der Waals surface area (Å²) in [5.41, 5.74) is 0.703. The van der Waals surface area contributed by atoms with Crippen LogP contribution in [0, 0.1) is 0 Å². The Morgan fingerprint density at radius 1 is 1.53 bits per heavy atom. The van der Waals surface area contributed by atoms with Gasteiger partial charge in [0.05, 0.1) is 25.9 Å². The van der Waals surface area contributed by atoms with Gasteiger partial charge in [-0.3, -0.25) is 4.79 Å². The molecule has 1 atom stereocenters. The van der Waals surface area contributed by atoms with Gasteiger partial charge in [0.2, 0.25) is 0 Å². The number of aromatic nitrogens is 1. The molecule has 2 heterocycles. The fourth-order valence-corrected chi connectivity index (χ4v) is 2.93. The first-order valence-corrected chi connectivity index (χ1v) is 7.37. The summed E-state index contributed by atoms with van der Waals surface area (Å²) in [5, 5.41) is 9.36. The summed E-state index contributed by atoms with van der Waals surface area (Å²) in [4.78, 5) is 14.4. The second kappa shape index (κ2) is 5.26. The molecule has 0 radical (unpaired) electrons. The zero-order chi connectivity index (χ0) is 13.4. The van der Waals surface area contributed by atoms with Gasteiger partial charge in [0, 0.05) is 23.3 Å². The van der Waals surface area contributed by atoms with Crippen molar-refractivity contribution in [3.8, 4) is 0 Å². The van der Waals surface area contributed by atoms with Gasteiger partial charge >= 0.3 is 0 Å². The van der Waals surface area contributed by atoms with E-state index < -0.39 is 0 Å². The van der Waals surface area contributed by atoms with E-state index in [0.29, 0.717) is 31.5 Å². The molecule has 0 aromatic carbocycles. The number of carbonyl (C=O) groups excluding carboxylic acids is 1. The van der Waals surface area contributed by atoms with E-state index in [1.807, 2.05) is 12.3 Å². The van der Waals surface area contributed by atoms with Gasteiger partial charge in [0.15, 0.2) is 0 Å². The highest BCUT2D eigenvalue weighted by Gasteiger charge is 2.33. The smallest absolute Gasteiger partial charge is 0.271 e. The van der Waals surface area contributed by atoms with Gasteiger partial charge in [-0.05, 0) is 34.8 Å². The number of ether oxygens (including phenoxy) is 1. The van der Waals surface area contributed by atoms with E-state index in [-0.39, 0.29) is 18.6 Å². The maximum absolute atomic E-state index is 12.7. The summed E-state index contributed by atoms with van der Waals surface area (Å²) in [6.45, 7) is 1.43. The van der Waals surface area contributed by atoms with Crippen LogP contribution in [0.2, 0.25) is 0 Å². The minimum atomic E-state index is -0.234. The monoisotopic (exact) mass is 328 g/mol. The van der Waals surface area contributed by atoms with E-state index in [2.05, 4.69) is 20.5 Å². The molecule has 1 amide bonds. The van der Waals surface area contributed by atoms with E-state index >= 15 is 0 Å². The third-order valence-electron chi connectivity index (χ3n) is 3.67. The molecule has 5 nitrogen and oxygen atoms in total. The molecule has 3 rings (SSSR count). The third kappa shape index (κ3) is 2.57. The molecule has 104 valence electrons. The summed E-state index contributed by atoms with van der Waals surface area (Å²) in [5.74, 6) is -0.0139. The molecule has 1 aliphatic heterocycles. The number of hydrogen-bond donors (Lipinski definition) is 1.